The quantitative estimate of drug-likeness (QED) is 0.475. The van der Waals surface area contributed by atoms with Gasteiger partial charge in [0.1, 0.15) is 5.69 Å². The van der Waals surface area contributed by atoms with E-state index in [0.29, 0.717) is 17.9 Å². The van der Waals surface area contributed by atoms with E-state index >= 15 is 0 Å². The molecule has 0 saturated heterocycles. The van der Waals surface area contributed by atoms with Gasteiger partial charge in [0.05, 0.1) is 11.4 Å². The molecule has 2 unspecified atom stereocenters. The van der Waals surface area contributed by atoms with Crippen LogP contribution in [0, 0.1) is 13.8 Å². The number of fused-ring (bicyclic) bond motifs is 1. The van der Waals surface area contributed by atoms with E-state index < -0.39 is 0 Å². The maximum absolute atomic E-state index is 12.8. The average Bonchev–Trinajstić information content (AvgIpc) is 3.39. The molecule has 0 bridgehead atoms. The molecule has 2 aliphatic carbocycles. The molecule has 4 aromatic rings. The van der Waals surface area contributed by atoms with Crippen LogP contribution in [0.15, 0.2) is 35.3 Å². The Kier molecular flexibility index (Phi) is 4.71. The predicted octanol–water partition coefficient (Wildman–Crippen LogP) is 4.08. The van der Waals surface area contributed by atoms with Crippen LogP contribution in [0.4, 0.5) is 0 Å². The third kappa shape index (κ3) is 3.48. The summed E-state index contributed by atoms with van der Waals surface area (Å²) in [6, 6.07) is 8.56. The van der Waals surface area contributed by atoms with Crippen LogP contribution in [0.2, 0.25) is 0 Å². The molecule has 0 amide bonds. The highest BCUT2D eigenvalue weighted by Crippen LogP contribution is 2.54. The summed E-state index contributed by atoms with van der Waals surface area (Å²) in [4.78, 5) is 12.8. The van der Waals surface area contributed by atoms with Gasteiger partial charge >= 0.3 is 0 Å². The van der Waals surface area contributed by atoms with Crippen molar-refractivity contribution in [2.75, 3.05) is 0 Å². The lowest BCUT2D eigenvalue weighted by Gasteiger charge is -2.24. The van der Waals surface area contributed by atoms with Gasteiger partial charge in [0, 0.05) is 31.3 Å². The third-order valence-corrected chi connectivity index (χ3v) is 7.41. The largest absolute Gasteiger partial charge is 0.312 e. The maximum atomic E-state index is 12.8. The summed E-state index contributed by atoms with van der Waals surface area (Å²) >= 11 is 0. The van der Waals surface area contributed by atoms with Gasteiger partial charge in [-0.15, -0.1) is 10.2 Å². The van der Waals surface area contributed by atoms with Gasteiger partial charge < -0.3 is 4.57 Å². The molecule has 0 aromatic carbocycles. The van der Waals surface area contributed by atoms with E-state index in [-0.39, 0.29) is 5.56 Å². The second-order valence-electron chi connectivity index (χ2n) is 9.72. The van der Waals surface area contributed by atoms with Gasteiger partial charge in [-0.2, -0.15) is 14.7 Å². The van der Waals surface area contributed by atoms with Crippen molar-refractivity contribution < 1.29 is 0 Å². The molecule has 0 spiro atoms. The standard InChI is InChI=1S/C25H29N7O/c1-15-11-22(29-32-16(2)26-27-25(15)32)23-14-21(28-30(23)3)20-13-19(20)17-9-10-31(24(33)12-17)18-7-5-4-6-8-18/h9-12,14,18-20H,4-8,13H2,1-3H3. The lowest BCUT2D eigenvalue weighted by atomic mass is 9.95. The molecule has 2 aliphatic rings. The Morgan fingerprint density at radius 2 is 1.79 bits per heavy atom. The van der Waals surface area contributed by atoms with Crippen molar-refractivity contribution in [2.24, 2.45) is 7.05 Å². The molecule has 2 atom stereocenters. The second kappa shape index (κ2) is 7.64. The summed E-state index contributed by atoms with van der Waals surface area (Å²) in [6.45, 7) is 3.93. The fraction of sp³-hybridized carbons (Fsp3) is 0.480. The van der Waals surface area contributed by atoms with Crippen LogP contribution in [-0.4, -0.2) is 34.2 Å². The fourth-order valence-electron chi connectivity index (χ4n) is 5.45. The zero-order valence-corrected chi connectivity index (χ0v) is 19.4. The number of nitrogens with zero attached hydrogens (tertiary/aromatic N) is 7. The highest BCUT2D eigenvalue weighted by atomic mass is 16.1. The summed E-state index contributed by atoms with van der Waals surface area (Å²) in [5.74, 6) is 1.47. The monoisotopic (exact) mass is 443 g/mol. The van der Waals surface area contributed by atoms with Crippen LogP contribution < -0.4 is 5.56 Å². The highest BCUT2D eigenvalue weighted by molar-refractivity contribution is 5.60. The molecule has 0 radical (unpaired) electrons. The van der Waals surface area contributed by atoms with Crippen molar-refractivity contribution in [3.05, 3.63) is 63.5 Å². The first kappa shape index (κ1) is 20.3. The molecule has 170 valence electrons. The molecular formula is C25H29N7O. The topological polar surface area (TPSA) is 82.9 Å². The highest BCUT2D eigenvalue weighted by Gasteiger charge is 2.42. The molecule has 4 aromatic heterocycles. The third-order valence-electron chi connectivity index (χ3n) is 7.41. The van der Waals surface area contributed by atoms with E-state index in [4.69, 9.17) is 10.2 Å². The Morgan fingerprint density at radius 3 is 2.58 bits per heavy atom. The molecule has 8 heteroatoms. The van der Waals surface area contributed by atoms with Gasteiger partial charge in [-0.3, -0.25) is 9.48 Å². The van der Waals surface area contributed by atoms with Gasteiger partial charge in [0.25, 0.3) is 5.56 Å². The smallest absolute Gasteiger partial charge is 0.251 e. The van der Waals surface area contributed by atoms with Crippen LogP contribution in [0.1, 0.15) is 79.0 Å². The lowest BCUT2D eigenvalue weighted by molar-refractivity contribution is 0.346. The average molecular weight is 444 g/mol. The van der Waals surface area contributed by atoms with Crippen molar-refractivity contribution in [3.8, 4) is 11.4 Å². The number of hydrogen-bond acceptors (Lipinski definition) is 5. The molecular weight excluding hydrogens is 414 g/mol. The Labute approximate surface area is 192 Å². The normalized spacial score (nSPS) is 21.1. The van der Waals surface area contributed by atoms with Gasteiger partial charge in [0.15, 0.2) is 11.5 Å². The summed E-state index contributed by atoms with van der Waals surface area (Å²) in [7, 11) is 1.96. The second-order valence-corrected chi connectivity index (χ2v) is 9.72. The van der Waals surface area contributed by atoms with E-state index in [2.05, 4.69) is 22.3 Å². The number of rotatable bonds is 4. The van der Waals surface area contributed by atoms with Gasteiger partial charge in [-0.25, -0.2) is 0 Å². The van der Waals surface area contributed by atoms with Gasteiger partial charge in [0.2, 0.25) is 0 Å². The summed E-state index contributed by atoms with van der Waals surface area (Å²) in [5, 5.41) is 17.9. The van der Waals surface area contributed by atoms with E-state index in [0.717, 1.165) is 58.9 Å². The van der Waals surface area contributed by atoms with Gasteiger partial charge in [-0.1, -0.05) is 19.3 Å². The number of hydrogen-bond donors (Lipinski definition) is 0. The Balaban J connectivity index is 1.25. The number of pyridine rings is 1. The molecule has 33 heavy (non-hydrogen) atoms. The molecule has 0 aliphatic heterocycles. The first-order valence-corrected chi connectivity index (χ1v) is 12.0. The SMILES string of the molecule is Cc1cc(-c2cc(C3CC3c3ccn(C4CCCCC4)c(=O)c3)nn2C)nn2c(C)nnc12. The minimum absolute atomic E-state index is 0.143. The summed E-state index contributed by atoms with van der Waals surface area (Å²) in [6.07, 6.45) is 9.04. The number of aromatic nitrogens is 7. The Hall–Kier alpha value is -3.29. The van der Waals surface area contributed by atoms with E-state index in [1.165, 1.54) is 19.3 Å². The summed E-state index contributed by atoms with van der Waals surface area (Å²) in [5.41, 5.74) is 5.99. The van der Waals surface area contributed by atoms with E-state index in [1.54, 1.807) is 4.52 Å². The van der Waals surface area contributed by atoms with E-state index in [9.17, 15) is 4.79 Å². The van der Waals surface area contributed by atoms with Crippen molar-refractivity contribution >= 4 is 5.65 Å². The molecule has 2 saturated carbocycles. The first-order chi connectivity index (χ1) is 16.0. The summed E-state index contributed by atoms with van der Waals surface area (Å²) < 4.78 is 5.65. The Morgan fingerprint density at radius 1 is 0.970 bits per heavy atom. The van der Waals surface area contributed by atoms with Crippen molar-refractivity contribution in [1.82, 2.24) is 34.2 Å². The molecule has 4 heterocycles. The van der Waals surface area contributed by atoms with Crippen LogP contribution in [0.25, 0.3) is 17.0 Å². The van der Waals surface area contributed by atoms with Crippen LogP contribution in [0.3, 0.4) is 0 Å². The van der Waals surface area contributed by atoms with Crippen LogP contribution in [0.5, 0.6) is 0 Å². The van der Waals surface area contributed by atoms with Crippen molar-refractivity contribution in [2.45, 2.75) is 70.3 Å². The van der Waals surface area contributed by atoms with Gasteiger partial charge in [-0.05, 0) is 68.4 Å². The number of aryl methyl sites for hydroxylation is 3. The zero-order chi connectivity index (χ0) is 22.7. The predicted molar refractivity (Wildman–Crippen MR) is 125 cm³/mol. The van der Waals surface area contributed by atoms with Crippen molar-refractivity contribution in [1.29, 1.82) is 0 Å². The zero-order valence-electron chi connectivity index (χ0n) is 19.4. The first-order valence-electron chi connectivity index (χ1n) is 12.0. The molecule has 6 rings (SSSR count). The van der Waals surface area contributed by atoms with E-state index in [1.807, 2.05) is 48.5 Å². The minimum Gasteiger partial charge on any atom is -0.312 e. The molecule has 0 N–H and O–H groups in total. The Bertz CT molecular complexity index is 1410. The molecule has 8 nitrogen and oxygen atoms in total. The minimum atomic E-state index is 0.143. The molecule has 2 fully saturated rings. The van der Waals surface area contributed by atoms with Crippen LogP contribution >= 0.6 is 0 Å². The van der Waals surface area contributed by atoms with Crippen molar-refractivity contribution in [3.63, 3.8) is 0 Å². The fourth-order valence-corrected chi connectivity index (χ4v) is 5.45. The maximum Gasteiger partial charge on any atom is 0.251 e. The van der Waals surface area contributed by atoms with Crippen LogP contribution in [-0.2, 0) is 7.05 Å². The lowest BCUT2D eigenvalue weighted by Crippen LogP contribution is -2.25.